The molecule has 0 unspecified atom stereocenters. The molecule has 0 aliphatic rings. The molecule has 1 N–H and O–H groups in total. The van der Waals surface area contributed by atoms with Crippen molar-refractivity contribution in [3.63, 3.8) is 0 Å². The van der Waals surface area contributed by atoms with Crippen molar-refractivity contribution < 1.29 is 9.53 Å². The predicted molar refractivity (Wildman–Crippen MR) is 65.7 cm³/mol. The molecule has 0 saturated carbocycles. The summed E-state index contributed by atoms with van der Waals surface area (Å²) in [5, 5.41) is 3.20. The summed E-state index contributed by atoms with van der Waals surface area (Å²) in [6.07, 6.45) is 0.404. The fourth-order valence-electron chi connectivity index (χ4n) is 1.39. The van der Waals surface area contributed by atoms with Gasteiger partial charge in [-0.25, -0.2) is 0 Å². The Morgan fingerprint density at radius 1 is 1.31 bits per heavy atom. The molecule has 1 aromatic carbocycles. The summed E-state index contributed by atoms with van der Waals surface area (Å²) in [6.45, 7) is 7.03. The summed E-state index contributed by atoms with van der Waals surface area (Å²) < 4.78 is 4.84. The highest BCUT2D eigenvalue weighted by atomic mass is 16.5. The van der Waals surface area contributed by atoms with Gasteiger partial charge < -0.3 is 10.1 Å². The van der Waals surface area contributed by atoms with Crippen LogP contribution >= 0.6 is 0 Å². The van der Waals surface area contributed by atoms with Crippen molar-refractivity contribution in [1.82, 2.24) is 0 Å². The van der Waals surface area contributed by atoms with Gasteiger partial charge in [0, 0.05) is 12.2 Å². The standard InChI is InChI=1S/C13H19NO2/c1-4-16-13(15)7-8-14-12-6-5-10(2)11(3)9-12/h5-6,9,14H,4,7-8H2,1-3H3. The van der Waals surface area contributed by atoms with Gasteiger partial charge in [0.15, 0.2) is 0 Å². The predicted octanol–water partition coefficient (Wildman–Crippen LogP) is 2.67. The smallest absolute Gasteiger partial charge is 0.307 e. The molecule has 3 nitrogen and oxygen atoms in total. The number of rotatable bonds is 5. The molecule has 0 amide bonds. The lowest BCUT2D eigenvalue weighted by Gasteiger charge is -2.08. The quantitative estimate of drug-likeness (QED) is 0.777. The Bertz CT molecular complexity index is 361. The molecule has 1 rings (SSSR count). The minimum atomic E-state index is -0.154. The monoisotopic (exact) mass is 221 g/mol. The van der Waals surface area contributed by atoms with Gasteiger partial charge in [0.05, 0.1) is 13.0 Å². The van der Waals surface area contributed by atoms with E-state index in [9.17, 15) is 4.79 Å². The molecule has 0 aromatic heterocycles. The van der Waals surface area contributed by atoms with Crippen LogP contribution in [0.15, 0.2) is 18.2 Å². The molecule has 0 saturated heterocycles. The highest BCUT2D eigenvalue weighted by Crippen LogP contribution is 2.13. The van der Waals surface area contributed by atoms with E-state index in [1.807, 2.05) is 13.0 Å². The molecule has 0 heterocycles. The minimum Gasteiger partial charge on any atom is -0.466 e. The summed E-state index contributed by atoms with van der Waals surface area (Å²) >= 11 is 0. The Kier molecular flexibility index (Phi) is 4.83. The third kappa shape index (κ3) is 3.93. The molecule has 16 heavy (non-hydrogen) atoms. The van der Waals surface area contributed by atoms with Gasteiger partial charge in [-0.05, 0) is 44.0 Å². The van der Waals surface area contributed by atoms with Crippen LogP contribution < -0.4 is 5.32 Å². The fourth-order valence-corrected chi connectivity index (χ4v) is 1.39. The van der Waals surface area contributed by atoms with E-state index in [0.29, 0.717) is 19.6 Å². The van der Waals surface area contributed by atoms with Crippen LogP contribution in [0.4, 0.5) is 5.69 Å². The first kappa shape index (κ1) is 12.6. The second-order valence-corrected chi connectivity index (χ2v) is 3.78. The second kappa shape index (κ2) is 6.16. The number of ether oxygens (including phenoxy) is 1. The molecule has 88 valence electrons. The van der Waals surface area contributed by atoms with Crippen LogP contribution in [-0.2, 0) is 9.53 Å². The van der Waals surface area contributed by atoms with Gasteiger partial charge in [-0.2, -0.15) is 0 Å². The summed E-state index contributed by atoms with van der Waals surface area (Å²) in [7, 11) is 0. The summed E-state index contributed by atoms with van der Waals surface area (Å²) in [5.41, 5.74) is 3.57. The maximum absolute atomic E-state index is 11.1. The van der Waals surface area contributed by atoms with Crippen LogP contribution in [0.25, 0.3) is 0 Å². The zero-order valence-electron chi connectivity index (χ0n) is 10.2. The normalized spacial score (nSPS) is 9.94. The zero-order valence-corrected chi connectivity index (χ0v) is 10.2. The van der Waals surface area contributed by atoms with E-state index >= 15 is 0 Å². The third-order valence-electron chi connectivity index (χ3n) is 2.47. The summed E-state index contributed by atoms with van der Waals surface area (Å²) in [6, 6.07) is 6.18. The lowest BCUT2D eigenvalue weighted by Crippen LogP contribution is -2.11. The largest absolute Gasteiger partial charge is 0.466 e. The number of anilines is 1. The van der Waals surface area contributed by atoms with Gasteiger partial charge >= 0.3 is 5.97 Å². The van der Waals surface area contributed by atoms with Crippen molar-refractivity contribution in [2.24, 2.45) is 0 Å². The molecular formula is C13H19NO2. The Morgan fingerprint density at radius 2 is 2.06 bits per heavy atom. The third-order valence-corrected chi connectivity index (χ3v) is 2.47. The van der Waals surface area contributed by atoms with Crippen LogP contribution in [0, 0.1) is 13.8 Å². The number of aryl methyl sites for hydroxylation is 2. The molecular weight excluding hydrogens is 202 g/mol. The topological polar surface area (TPSA) is 38.3 Å². The van der Waals surface area contributed by atoms with E-state index < -0.39 is 0 Å². The number of carbonyl (C=O) groups is 1. The maximum Gasteiger partial charge on any atom is 0.307 e. The second-order valence-electron chi connectivity index (χ2n) is 3.78. The van der Waals surface area contributed by atoms with Crippen molar-refractivity contribution in [3.05, 3.63) is 29.3 Å². The molecule has 1 aromatic rings. The first-order valence-electron chi connectivity index (χ1n) is 5.60. The van der Waals surface area contributed by atoms with E-state index in [4.69, 9.17) is 4.74 Å². The van der Waals surface area contributed by atoms with Crippen molar-refractivity contribution in [2.45, 2.75) is 27.2 Å². The molecule has 0 spiro atoms. The summed E-state index contributed by atoms with van der Waals surface area (Å²) in [4.78, 5) is 11.1. The number of hydrogen-bond acceptors (Lipinski definition) is 3. The van der Waals surface area contributed by atoms with Gasteiger partial charge in [-0.3, -0.25) is 4.79 Å². The van der Waals surface area contributed by atoms with Gasteiger partial charge in [0.1, 0.15) is 0 Å². The van der Waals surface area contributed by atoms with E-state index in [2.05, 4.69) is 31.3 Å². The van der Waals surface area contributed by atoms with Gasteiger partial charge in [-0.15, -0.1) is 0 Å². The van der Waals surface area contributed by atoms with Crippen molar-refractivity contribution >= 4 is 11.7 Å². The van der Waals surface area contributed by atoms with Crippen LogP contribution in [-0.4, -0.2) is 19.1 Å². The van der Waals surface area contributed by atoms with Crippen LogP contribution in [0.2, 0.25) is 0 Å². The highest BCUT2D eigenvalue weighted by molar-refractivity contribution is 5.70. The minimum absolute atomic E-state index is 0.154. The fraction of sp³-hybridized carbons (Fsp3) is 0.462. The van der Waals surface area contributed by atoms with Gasteiger partial charge in [0.25, 0.3) is 0 Å². The summed E-state index contributed by atoms with van der Waals surface area (Å²) in [5.74, 6) is -0.154. The lowest BCUT2D eigenvalue weighted by atomic mass is 10.1. The first-order valence-corrected chi connectivity index (χ1v) is 5.60. The van der Waals surface area contributed by atoms with Crippen molar-refractivity contribution in [1.29, 1.82) is 0 Å². The zero-order chi connectivity index (χ0) is 12.0. The SMILES string of the molecule is CCOC(=O)CCNc1ccc(C)c(C)c1. The van der Waals surface area contributed by atoms with E-state index in [1.54, 1.807) is 0 Å². The number of carbonyl (C=O) groups excluding carboxylic acids is 1. The Morgan fingerprint density at radius 3 is 2.69 bits per heavy atom. The molecule has 0 aliphatic carbocycles. The molecule has 0 aliphatic heterocycles. The highest BCUT2D eigenvalue weighted by Gasteiger charge is 2.01. The molecule has 0 bridgehead atoms. The van der Waals surface area contributed by atoms with Crippen LogP contribution in [0.1, 0.15) is 24.5 Å². The van der Waals surface area contributed by atoms with Crippen molar-refractivity contribution in [2.75, 3.05) is 18.5 Å². The molecule has 3 heteroatoms. The average molecular weight is 221 g/mol. The first-order chi connectivity index (χ1) is 7.63. The molecule has 0 fully saturated rings. The van der Waals surface area contributed by atoms with E-state index in [1.165, 1.54) is 11.1 Å². The van der Waals surface area contributed by atoms with Crippen molar-refractivity contribution in [3.8, 4) is 0 Å². The van der Waals surface area contributed by atoms with Gasteiger partial charge in [-0.1, -0.05) is 6.07 Å². The van der Waals surface area contributed by atoms with Crippen LogP contribution in [0.3, 0.4) is 0 Å². The Labute approximate surface area is 96.8 Å². The lowest BCUT2D eigenvalue weighted by molar-refractivity contribution is -0.142. The van der Waals surface area contributed by atoms with E-state index in [-0.39, 0.29) is 5.97 Å². The number of benzene rings is 1. The average Bonchev–Trinajstić information content (AvgIpc) is 2.24. The van der Waals surface area contributed by atoms with E-state index in [0.717, 1.165) is 5.69 Å². The number of hydrogen-bond donors (Lipinski definition) is 1. The van der Waals surface area contributed by atoms with Crippen LogP contribution in [0.5, 0.6) is 0 Å². The molecule has 0 atom stereocenters. The maximum atomic E-state index is 11.1. The molecule has 0 radical (unpaired) electrons. The van der Waals surface area contributed by atoms with Gasteiger partial charge in [0.2, 0.25) is 0 Å². The Hall–Kier alpha value is -1.51. The Balaban J connectivity index is 2.37. The number of nitrogens with one attached hydrogen (secondary N) is 1. The number of esters is 1.